The van der Waals surface area contributed by atoms with Gasteiger partial charge >= 0.3 is 0 Å². The first-order chi connectivity index (χ1) is 15.1. The normalized spacial score (nSPS) is 10.9. The minimum absolute atomic E-state index is 0.438. The summed E-state index contributed by atoms with van der Waals surface area (Å²) in [5, 5.41) is 17.4. The molecule has 0 atom stereocenters. The summed E-state index contributed by atoms with van der Waals surface area (Å²) >= 11 is 13.2. The van der Waals surface area contributed by atoms with Gasteiger partial charge in [0, 0.05) is 11.3 Å². The number of nitrogens with one attached hydrogen (secondary N) is 2. The summed E-state index contributed by atoms with van der Waals surface area (Å²) in [5.74, 6) is 0. The maximum absolute atomic E-state index is 6.42. The highest BCUT2D eigenvalue weighted by Crippen LogP contribution is 2.41. The molecule has 4 aromatic rings. The lowest BCUT2D eigenvalue weighted by molar-refractivity contribution is 1.24. The number of nitrogens with zero attached hydrogens (tertiary/aromatic N) is 3. The van der Waals surface area contributed by atoms with Crippen molar-refractivity contribution < 1.29 is 0 Å². The van der Waals surface area contributed by atoms with E-state index < -0.39 is 0 Å². The first-order valence-corrected chi connectivity index (χ1v) is 11.1. The molecule has 31 heavy (non-hydrogen) atoms. The molecular weight excluding hydrogens is 446 g/mol. The van der Waals surface area contributed by atoms with E-state index in [1.807, 2.05) is 85.8 Å². The Morgan fingerprint density at radius 3 is 2.35 bits per heavy atom. The highest BCUT2D eigenvalue weighted by atomic mass is 35.5. The molecule has 0 bridgehead atoms. The first-order valence-electron chi connectivity index (χ1n) is 9.46. The Balaban J connectivity index is 1.62. The van der Waals surface area contributed by atoms with Crippen molar-refractivity contribution in [1.82, 2.24) is 4.98 Å². The standard InChI is InChI=1S/C23H18ClN5S2/c1-15-11-13-17(14-12-15)28-29-21-20(18-9-5-6-10-19(18)24)26-23(31-21)27-22(30)25-16-7-3-2-4-8-16/h2-14H,1H3,(H2,25,26,27,30). The lowest BCUT2D eigenvalue weighted by atomic mass is 10.1. The van der Waals surface area contributed by atoms with Crippen molar-refractivity contribution in [2.45, 2.75) is 6.92 Å². The Morgan fingerprint density at radius 1 is 0.903 bits per heavy atom. The van der Waals surface area contributed by atoms with Crippen LogP contribution in [0.3, 0.4) is 0 Å². The van der Waals surface area contributed by atoms with Crippen molar-refractivity contribution in [1.29, 1.82) is 0 Å². The smallest absolute Gasteiger partial charge is 0.191 e. The van der Waals surface area contributed by atoms with Crippen molar-refractivity contribution in [3.8, 4) is 11.3 Å². The molecule has 4 rings (SSSR count). The van der Waals surface area contributed by atoms with Crippen molar-refractivity contribution in [3.05, 3.63) is 89.4 Å². The molecule has 0 radical (unpaired) electrons. The molecule has 0 unspecified atom stereocenters. The summed E-state index contributed by atoms with van der Waals surface area (Å²) in [5.41, 5.74) is 4.26. The van der Waals surface area contributed by atoms with E-state index in [1.165, 1.54) is 16.9 Å². The number of anilines is 2. The number of hydrogen-bond donors (Lipinski definition) is 2. The third-order valence-corrected chi connectivity index (χ3v) is 5.67. The van der Waals surface area contributed by atoms with Gasteiger partial charge in [0.05, 0.1) is 10.7 Å². The Hall–Kier alpha value is -3.13. The number of rotatable bonds is 5. The number of halogens is 1. The third-order valence-electron chi connectivity index (χ3n) is 4.28. The summed E-state index contributed by atoms with van der Waals surface area (Å²) < 4.78 is 0. The van der Waals surface area contributed by atoms with Gasteiger partial charge in [0.15, 0.2) is 15.2 Å². The first kappa shape index (κ1) is 21.1. The average Bonchev–Trinajstić information content (AvgIpc) is 3.16. The fourth-order valence-electron chi connectivity index (χ4n) is 2.76. The molecule has 0 saturated heterocycles. The Bertz CT molecular complexity index is 1220. The molecule has 0 amide bonds. The summed E-state index contributed by atoms with van der Waals surface area (Å²) in [4.78, 5) is 4.69. The molecule has 0 saturated carbocycles. The van der Waals surface area contributed by atoms with Gasteiger partial charge in [-0.25, -0.2) is 4.98 Å². The molecule has 0 aliphatic heterocycles. The monoisotopic (exact) mass is 463 g/mol. The number of aromatic nitrogens is 1. The van der Waals surface area contributed by atoms with E-state index in [0.717, 1.165) is 16.9 Å². The van der Waals surface area contributed by atoms with Crippen LogP contribution in [0.1, 0.15) is 5.56 Å². The van der Waals surface area contributed by atoms with Gasteiger partial charge in [0.25, 0.3) is 0 Å². The summed E-state index contributed by atoms with van der Waals surface area (Å²) in [7, 11) is 0. The van der Waals surface area contributed by atoms with Crippen LogP contribution in [-0.2, 0) is 0 Å². The Morgan fingerprint density at radius 2 is 1.61 bits per heavy atom. The summed E-state index contributed by atoms with van der Waals surface area (Å²) in [6.07, 6.45) is 0. The van der Waals surface area contributed by atoms with Gasteiger partial charge in [-0.3, -0.25) is 0 Å². The summed E-state index contributed by atoms with van der Waals surface area (Å²) in [6, 6.07) is 25.1. The topological polar surface area (TPSA) is 61.7 Å². The van der Waals surface area contributed by atoms with Gasteiger partial charge in [-0.15, -0.1) is 10.2 Å². The van der Waals surface area contributed by atoms with E-state index in [9.17, 15) is 0 Å². The predicted molar refractivity (Wildman–Crippen MR) is 134 cm³/mol. The van der Waals surface area contributed by atoms with Crippen LogP contribution < -0.4 is 10.6 Å². The second-order valence-corrected chi connectivity index (χ2v) is 8.43. The van der Waals surface area contributed by atoms with Crippen LogP contribution in [-0.4, -0.2) is 10.1 Å². The molecule has 5 nitrogen and oxygen atoms in total. The zero-order valence-electron chi connectivity index (χ0n) is 16.5. The minimum Gasteiger partial charge on any atom is -0.332 e. The van der Waals surface area contributed by atoms with Crippen LogP contribution in [0.5, 0.6) is 0 Å². The lowest BCUT2D eigenvalue weighted by Gasteiger charge is -2.07. The number of azo groups is 1. The fraction of sp³-hybridized carbons (Fsp3) is 0.0435. The number of hydrogen-bond acceptors (Lipinski definition) is 5. The predicted octanol–water partition coefficient (Wildman–Crippen LogP) is 8.00. The van der Waals surface area contributed by atoms with Crippen LogP contribution in [0.15, 0.2) is 89.1 Å². The van der Waals surface area contributed by atoms with Gasteiger partial charge in [0.2, 0.25) is 0 Å². The van der Waals surface area contributed by atoms with Gasteiger partial charge in [-0.05, 0) is 49.5 Å². The maximum atomic E-state index is 6.42. The van der Waals surface area contributed by atoms with Crippen molar-refractivity contribution in [3.63, 3.8) is 0 Å². The third kappa shape index (κ3) is 5.52. The molecule has 1 aromatic heterocycles. The Labute approximate surface area is 194 Å². The number of benzene rings is 3. The van der Waals surface area contributed by atoms with Crippen LogP contribution >= 0.6 is 35.2 Å². The second kappa shape index (κ2) is 9.78. The van der Waals surface area contributed by atoms with E-state index in [0.29, 0.717) is 26.0 Å². The molecule has 8 heteroatoms. The fourth-order valence-corrected chi connectivity index (χ4v) is 4.07. The largest absolute Gasteiger partial charge is 0.332 e. The van der Waals surface area contributed by atoms with Crippen molar-refractivity contribution in [2.75, 3.05) is 10.6 Å². The number of thiocarbonyl (C=S) groups is 1. The Kier molecular flexibility index (Phi) is 6.66. The number of para-hydroxylation sites is 1. The van der Waals surface area contributed by atoms with E-state index in [-0.39, 0.29) is 0 Å². The van der Waals surface area contributed by atoms with E-state index in [4.69, 9.17) is 28.8 Å². The average molecular weight is 464 g/mol. The van der Waals surface area contributed by atoms with E-state index in [2.05, 4.69) is 20.9 Å². The number of thiazole rings is 1. The van der Waals surface area contributed by atoms with Gasteiger partial charge in [-0.2, -0.15) is 0 Å². The molecule has 2 N–H and O–H groups in total. The molecule has 0 aliphatic carbocycles. The van der Waals surface area contributed by atoms with Gasteiger partial charge in [0.1, 0.15) is 5.69 Å². The molecule has 0 aliphatic rings. The zero-order valence-corrected chi connectivity index (χ0v) is 18.9. The van der Waals surface area contributed by atoms with Gasteiger partial charge in [-0.1, -0.05) is 77.0 Å². The van der Waals surface area contributed by atoms with E-state index in [1.54, 1.807) is 0 Å². The number of aryl methyl sites for hydroxylation is 1. The summed E-state index contributed by atoms with van der Waals surface area (Å²) in [6.45, 7) is 2.03. The van der Waals surface area contributed by atoms with E-state index >= 15 is 0 Å². The quantitative estimate of drug-likeness (QED) is 0.232. The molecule has 0 spiro atoms. The zero-order chi connectivity index (χ0) is 21.6. The van der Waals surface area contributed by atoms with Crippen molar-refractivity contribution >= 4 is 61.8 Å². The molecule has 154 valence electrons. The van der Waals surface area contributed by atoms with Crippen LogP contribution in [0.4, 0.5) is 21.5 Å². The molecule has 3 aromatic carbocycles. The highest BCUT2D eigenvalue weighted by Gasteiger charge is 2.16. The molecular formula is C23H18ClN5S2. The lowest BCUT2D eigenvalue weighted by Crippen LogP contribution is -2.18. The maximum Gasteiger partial charge on any atom is 0.191 e. The SMILES string of the molecule is Cc1ccc(N=Nc2sc(NC(=S)Nc3ccccc3)nc2-c2ccccc2Cl)cc1. The van der Waals surface area contributed by atoms with Crippen LogP contribution in [0, 0.1) is 6.92 Å². The van der Waals surface area contributed by atoms with Gasteiger partial charge < -0.3 is 10.6 Å². The minimum atomic E-state index is 0.438. The van der Waals surface area contributed by atoms with Crippen LogP contribution in [0.2, 0.25) is 5.02 Å². The molecule has 0 fully saturated rings. The van der Waals surface area contributed by atoms with Crippen LogP contribution in [0.25, 0.3) is 11.3 Å². The highest BCUT2D eigenvalue weighted by molar-refractivity contribution is 7.80. The molecule has 1 heterocycles. The second-order valence-electron chi connectivity index (χ2n) is 6.63. The van der Waals surface area contributed by atoms with Crippen molar-refractivity contribution in [2.24, 2.45) is 10.2 Å².